The zero-order valence-electron chi connectivity index (χ0n) is 19.1. The molecule has 2 aliphatic rings. The van der Waals surface area contributed by atoms with Gasteiger partial charge in [0.25, 0.3) is 11.8 Å². The van der Waals surface area contributed by atoms with Gasteiger partial charge in [0.2, 0.25) is 0 Å². The van der Waals surface area contributed by atoms with Gasteiger partial charge in [-0.05, 0) is 69.4 Å². The molecule has 4 rings (SSSR count). The average Bonchev–Trinajstić information content (AvgIpc) is 3.47. The van der Waals surface area contributed by atoms with Gasteiger partial charge in [-0.1, -0.05) is 0 Å². The van der Waals surface area contributed by atoms with Crippen molar-refractivity contribution in [2.24, 2.45) is 7.05 Å². The van der Waals surface area contributed by atoms with E-state index in [1.54, 1.807) is 18.2 Å². The van der Waals surface area contributed by atoms with Gasteiger partial charge in [0.1, 0.15) is 0 Å². The number of aryl methyl sites for hydroxylation is 1. The highest BCUT2D eigenvalue weighted by atomic mass is 16.5. The van der Waals surface area contributed by atoms with Crippen molar-refractivity contribution in [3.8, 4) is 11.5 Å². The molecule has 0 bridgehead atoms. The molecule has 7 heteroatoms. The molecule has 1 aromatic carbocycles. The quantitative estimate of drug-likeness (QED) is 0.658. The van der Waals surface area contributed by atoms with E-state index in [2.05, 4.69) is 10.6 Å². The predicted octanol–water partition coefficient (Wildman–Crippen LogP) is 3.79. The van der Waals surface area contributed by atoms with Crippen LogP contribution in [0.2, 0.25) is 0 Å². The van der Waals surface area contributed by atoms with Crippen LogP contribution in [0.5, 0.6) is 11.5 Å². The lowest BCUT2D eigenvalue weighted by molar-refractivity contribution is -0.134. The van der Waals surface area contributed by atoms with E-state index >= 15 is 0 Å². The second-order valence-electron chi connectivity index (χ2n) is 8.53. The van der Waals surface area contributed by atoms with E-state index in [1.165, 1.54) is 6.42 Å². The van der Waals surface area contributed by atoms with Gasteiger partial charge in [-0.2, -0.15) is 0 Å². The van der Waals surface area contributed by atoms with Crippen molar-refractivity contribution in [1.29, 1.82) is 0 Å². The fraction of sp³-hybridized carbons (Fsp3) is 0.520. The van der Waals surface area contributed by atoms with Gasteiger partial charge >= 0.3 is 0 Å². The Morgan fingerprint density at radius 3 is 2.53 bits per heavy atom. The summed E-state index contributed by atoms with van der Waals surface area (Å²) in [5.74, 6) is 0.981. The monoisotopic (exact) mass is 439 g/mol. The topological polar surface area (TPSA) is 64.0 Å². The molecule has 172 valence electrons. The van der Waals surface area contributed by atoms with E-state index in [0.29, 0.717) is 23.7 Å². The number of piperidine rings is 1. The van der Waals surface area contributed by atoms with Crippen molar-refractivity contribution in [1.82, 2.24) is 14.4 Å². The first-order valence-corrected chi connectivity index (χ1v) is 11.7. The molecule has 1 atom stereocenters. The minimum atomic E-state index is -0.0188. The second kappa shape index (κ2) is 10.1. The summed E-state index contributed by atoms with van der Waals surface area (Å²) in [7, 11) is 2.01. The van der Waals surface area contributed by atoms with Crippen LogP contribution in [0.4, 0.5) is 0 Å². The first kappa shape index (κ1) is 22.2. The van der Waals surface area contributed by atoms with E-state index in [4.69, 9.17) is 9.47 Å². The molecule has 1 unspecified atom stereocenters. The number of rotatable bonds is 7. The molecule has 2 aliphatic heterocycles. The second-order valence-corrected chi connectivity index (χ2v) is 8.53. The third-order valence-corrected chi connectivity index (χ3v) is 6.39. The van der Waals surface area contributed by atoms with Crippen LogP contribution in [0.3, 0.4) is 0 Å². The molecule has 2 aromatic rings. The fourth-order valence-electron chi connectivity index (χ4n) is 4.71. The number of carbonyl (C=O) groups excluding carboxylic acids is 2. The predicted molar refractivity (Wildman–Crippen MR) is 122 cm³/mol. The van der Waals surface area contributed by atoms with Gasteiger partial charge in [-0.15, -0.1) is 0 Å². The third kappa shape index (κ3) is 4.76. The number of amides is 2. The Bertz CT molecular complexity index is 948. The van der Waals surface area contributed by atoms with Crippen molar-refractivity contribution < 1.29 is 19.1 Å². The number of hydrogen-bond donors (Lipinski definition) is 0. The van der Waals surface area contributed by atoms with Crippen molar-refractivity contribution >= 4 is 11.8 Å². The molecule has 2 fully saturated rings. The van der Waals surface area contributed by atoms with Gasteiger partial charge < -0.3 is 23.8 Å². The van der Waals surface area contributed by atoms with E-state index in [-0.39, 0.29) is 24.5 Å². The number of aromatic nitrogens is 1. The standard InChI is InChI=1S/C25H33N3O4/c1-3-31-23-17-19(11-12-22(23)32-18-24(29)27-14-5-4-6-15-27)25(30)28-16-8-10-21(28)20-9-7-13-26(20)2/h7,9,11-13,17,21H,3-6,8,10,14-16,18H2,1-2H3. The molecule has 7 nitrogen and oxygen atoms in total. The maximum atomic E-state index is 13.4. The zero-order valence-corrected chi connectivity index (χ0v) is 19.1. The Kier molecular flexibility index (Phi) is 7.02. The molecule has 3 heterocycles. The van der Waals surface area contributed by atoms with Crippen LogP contribution in [0, 0.1) is 0 Å². The summed E-state index contributed by atoms with van der Waals surface area (Å²) in [5.41, 5.74) is 1.72. The molecule has 32 heavy (non-hydrogen) atoms. The number of ether oxygens (including phenoxy) is 2. The summed E-state index contributed by atoms with van der Waals surface area (Å²) in [4.78, 5) is 29.6. The third-order valence-electron chi connectivity index (χ3n) is 6.39. The van der Waals surface area contributed by atoms with Crippen LogP contribution in [0.1, 0.15) is 61.1 Å². The summed E-state index contributed by atoms with van der Waals surface area (Å²) in [6.45, 7) is 4.65. The molecule has 0 N–H and O–H groups in total. The Morgan fingerprint density at radius 2 is 1.81 bits per heavy atom. The summed E-state index contributed by atoms with van der Waals surface area (Å²) < 4.78 is 13.7. The minimum absolute atomic E-state index is 0.00484. The lowest BCUT2D eigenvalue weighted by atomic mass is 10.1. The highest BCUT2D eigenvalue weighted by Gasteiger charge is 2.32. The van der Waals surface area contributed by atoms with Gasteiger partial charge in [-0.3, -0.25) is 9.59 Å². The van der Waals surface area contributed by atoms with E-state index < -0.39 is 0 Å². The van der Waals surface area contributed by atoms with Crippen LogP contribution in [0.15, 0.2) is 36.5 Å². The Labute approximate surface area is 189 Å². The maximum absolute atomic E-state index is 13.4. The molecule has 2 saturated heterocycles. The highest BCUT2D eigenvalue weighted by molar-refractivity contribution is 5.95. The van der Waals surface area contributed by atoms with Gasteiger partial charge in [0.05, 0.1) is 12.6 Å². The molecular formula is C25H33N3O4. The highest BCUT2D eigenvalue weighted by Crippen LogP contribution is 2.35. The van der Waals surface area contributed by atoms with Crippen LogP contribution >= 0.6 is 0 Å². The lowest BCUT2D eigenvalue weighted by Crippen LogP contribution is -2.38. The van der Waals surface area contributed by atoms with Crippen LogP contribution in [-0.4, -0.2) is 59.0 Å². The number of benzene rings is 1. The van der Waals surface area contributed by atoms with Gasteiger partial charge in [-0.25, -0.2) is 0 Å². The lowest BCUT2D eigenvalue weighted by Gasteiger charge is -2.27. The number of nitrogens with zero attached hydrogens (tertiary/aromatic N) is 3. The van der Waals surface area contributed by atoms with Crippen molar-refractivity contribution in [2.75, 3.05) is 32.8 Å². The molecular weight excluding hydrogens is 406 g/mol. The van der Waals surface area contributed by atoms with Gasteiger partial charge in [0.15, 0.2) is 18.1 Å². The maximum Gasteiger partial charge on any atom is 0.260 e. The molecule has 1 aromatic heterocycles. The van der Waals surface area contributed by atoms with Crippen molar-refractivity contribution in [3.05, 3.63) is 47.8 Å². The summed E-state index contributed by atoms with van der Waals surface area (Å²) in [6, 6.07) is 9.43. The van der Waals surface area contributed by atoms with Crippen LogP contribution in [-0.2, 0) is 11.8 Å². The molecule has 0 aliphatic carbocycles. The van der Waals surface area contributed by atoms with Crippen molar-refractivity contribution in [3.63, 3.8) is 0 Å². The minimum Gasteiger partial charge on any atom is -0.490 e. The Hall–Kier alpha value is -2.96. The number of likely N-dealkylation sites (tertiary alicyclic amines) is 2. The van der Waals surface area contributed by atoms with Crippen LogP contribution < -0.4 is 9.47 Å². The SMILES string of the molecule is CCOc1cc(C(=O)N2CCCC2c2cccn2C)ccc1OCC(=O)N1CCCCC1. The number of hydrogen-bond acceptors (Lipinski definition) is 4. The normalized spacial score (nSPS) is 18.6. The summed E-state index contributed by atoms with van der Waals surface area (Å²) in [6.07, 6.45) is 7.23. The van der Waals surface area contributed by atoms with Gasteiger partial charge in [0, 0.05) is 44.1 Å². The first-order valence-electron chi connectivity index (χ1n) is 11.7. The number of carbonyl (C=O) groups is 2. The van der Waals surface area contributed by atoms with Crippen LogP contribution in [0.25, 0.3) is 0 Å². The fourth-order valence-corrected chi connectivity index (χ4v) is 4.71. The van der Waals surface area contributed by atoms with E-state index in [9.17, 15) is 9.59 Å². The first-order chi connectivity index (χ1) is 15.6. The molecule has 2 amide bonds. The zero-order chi connectivity index (χ0) is 22.5. The largest absolute Gasteiger partial charge is 0.490 e. The Morgan fingerprint density at radius 1 is 1.00 bits per heavy atom. The van der Waals surface area contributed by atoms with Crippen molar-refractivity contribution in [2.45, 2.75) is 45.1 Å². The Balaban J connectivity index is 1.47. The molecule has 0 spiro atoms. The smallest absolute Gasteiger partial charge is 0.260 e. The molecule has 0 saturated carbocycles. The molecule has 0 radical (unpaired) electrons. The average molecular weight is 440 g/mol. The summed E-state index contributed by atoms with van der Waals surface area (Å²) in [5, 5.41) is 0. The van der Waals surface area contributed by atoms with E-state index in [0.717, 1.165) is 51.0 Å². The van der Waals surface area contributed by atoms with E-state index in [1.807, 2.05) is 36.0 Å². The summed E-state index contributed by atoms with van der Waals surface area (Å²) >= 11 is 0.